The third-order valence-corrected chi connectivity index (χ3v) is 11.1. The summed E-state index contributed by atoms with van der Waals surface area (Å²) in [6.45, 7) is 8.33. The molecular formula is C50H29N5. The number of nitrogens with zero attached hydrogens (tertiary/aromatic N) is 5. The van der Waals surface area contributed by atoms with Crippen LogP contribution in [0.15, 0.2) is 176 Å². The van der Waals surface area contributed by atoms with E-state index in [2.05, 4.69) is 176 Å². The highest BCUT2D eigenvalue weighted by atomic mass is 15.0. The number of hydrogen-bond acceptors (Lipinski definition) is 1. The molecule has 11 rings (SSSR count). The Labute approximate surface area is 316 Å². The maximum absolute atomic E-state index is 10.6. The average Bonchev–Trinajstić information content (AvgIpc) is 3.89. The normalized spacial score (nSPS) is 11.6. The largest absolute Gasteiger partial charge is 0.309 e. The van der Waals surface area contributed by atoms with Crippen molar-refractivity contribution >= 4 is 71.1 Å². The van der Waals surface area contributed by atoms with Crippen LogP contribution in [0.2, 0.25) is 0 Å². The lowest BCUT2D eigenvalue weighted by atomic mass is 9.95. The van der Waals surface area contributed by atoms with Crippen LogP contribution in [-0.2, 0) is 0 Å². The first-order valence-corrected chi connectivity index (χ1v) is 18.3. The van der Waals surface area contributed by atoms with Crippen molar-refractivity contribution in [2.24, 2.45) is 0 Å². The maximum Gasteiger partial charge on any atom is 0.196 e. The quantitative estimate of drug-likeness (QED) is 0.169. The first kappa shape index (κ1) is 30.7. The number of benzene rings is 8. The van der Waals surface area contributed by atoms with E-state index in [0.29, 0.717) is 16.8 Å². The van der Waals surface area contributed by atoms with Gasteiger partial charge in [0.25, 0.3) is 0 Å². The van der Waals surface area contributed by atoms with E-state index in [9.17, 15) is 5.26 Å². The summed E-state index contributed by atoms with van der Waals surface area (Å²) in [6.07, 6.45) is 0. The molecule has 55 heavy (non-hydrogen) atoms. The summed E-state index contributed by atoms with van der Waals surface area (Å²) in [5.41, 5.74) is 11.8. The van der Waals surface area contributed by atoms with Crippen molar-refractivity contribution in [1.82, 2.24) is 13.7 Å². The van der Waals surface area contributed by atoms with Gasteiger partial charge >= 0.3 is 0 Å². The van der Waals surface area contributed by atoms with Crippen LogP contribution in [0.5, 0.6) is 0 Å². The molecule has 0 saturated carbocycles. The molecule has 11 aromatic rings. The molecule has 0 radical (unpaired) electrons. The van der Waals surface area contributed by atoms with Crippen molar-refractivity contribution in [1.29, 1.82) is 5.26 Å². The van der Waals surface area contributed by atoms with Gasteiger partial charge in [0.05, 0.1) is 45.7 Å². The Bertz CT molecular complexity index is 3350. The van der Waals surface area contributed by atoms with E-state index in [0.717, 1.165) is 77.3 Å². The minimum absolute atomic E-state index is 0.440. The Morgan fingerprint density at radius 1 is 0.436 bits per heavy atom. The van der Waals surface area contributed by atoms with Crippen LogP contribution < -0.4 is 0 Å². The smallest absolute Gasteiger partial charge is 0.196 e. The summed E-state index contributed by atoms with van der Waals surface area (Å²) in [4.78, 5) is 4.02. The lowest BCUT2D eigenvalue weighted by molar-refractivity contribution is 1.17. The van der Waals surface area contributed by atoms with Crippen molar-refractivity contribution in [3.05, 3.63) is 193 Å². The molecule has 5 heteroatoms. The van der Waals surface area contributed by atoms with E-state index in [1.165, 1.54) is 10.8 Å². The van der Waals surface area contributed by atoms with Crippen molar-refractivity contribution < 1.29 is 0 Å². The van der Waals surface area contributed by atoms with Gasteiger partial charge in [-0.05, 0) is 72.3 Å². The summed E-state index contributed by atoms with van der Waals surface area (Å²) >= 11 is 0. The number of hydrogen-bond donors (Lipinski definition) is 0. The fourth-order valence-corrected chi connectivity index (χ4v) is 8.89. The zero-order valence-corrected chi connectivity index (χ0v) is 29.5. The Morgan fingerprint density at radius 3 is 1.64 bits per heavy atom. The Morgan fingerprint density at radius 2 is 1.00 bits per heavy atom. The Hall–Kier alpha value is -7.86. The van der Waals surface area contributed by atoms with Gasteiger partial charge < -0.3 is 13.7 Å². The lowest BCUT2D eigenvalue weighted by Gasteiger charge is -2.17. The van der Waals surface area contributed by atoms with Crippen LogP contribution in [0.1, 0.15) is 5.56 Å². The van der Waals surface area contributed by atoms with Crippen LogP contribution in [0.4, 0.5) is 5.69 Å². The number of aromatic nitrogens is 3. The molecule has 0 saturated heterocycles. The van der Waals surface area contributed by atoms with E-state index >= 15 is 0 Å². The molecule has 0 atom stereocenters. The Kier molecular flexibility index (Phi) is 6.61. The van der Waals surface area contributed by atoms with Gasteiger partial charge in [-0.15, -0.1) is 0 Å². The highest BCUT2D eigenvalue weighted by Gasteiger charge is 2.26. The first-order chi connectivity index (χ1) is 27.2. The van der Waals surface area contributed by atoms with Crippen molar-refractivity contribution in [2.75, 3.05) is 0 Å². The SMILES string of the molecule is [C-]#[N+]c1cccc(C#N)c1-c1cc(-n2c3ccccc3c3ccccc32)cc2c3ccc4c(c5ccccc5n4-c4ccccc4)c3n(-c3ccccc3)c12. The predicted octanol–water partition coefficient (Wildman–Crippen LogP) is 13.1. The molecule has 0 fully saturated rings. The summed E-state index contributed by atoms with van der Waals surface area (Å²) in [7, 11) is 0. The average molecular weight is 700 g/mol. The van der Waals surface area contributed by atoms with Crippen LogP contribution in [0.25, 0.3) is 98.5 Å². The third-order valence-electron chi connectivity index (χ3n) is 11.1. The molecule has 3 aromatic heterocycles. The van der Waals surface area contributed by atoms with Gasteiger partial charge in [-0.3, -0.25) is 0 Å². The molecule has 0 N–H and O–H groups in total. The van der Waals surface area contributed by atoms with Crippen molar-refractivity contribution in [3.8, 4) is 34.3 Å². The highest BCUT2D eigenvalue weighted by Crippen LogP contribution is 2.48. The molecule has 0 aliphatic heterocycles. The second kappa shape index (κ2) is 11.8. The number of fused-ring (bicyclic) bond motifs is 10. The molecule has 0 aliphatic carbocycles. The van der Waals surface area contributed by atoms with E-state index in [1.807, 2.05) is 18.2 Å². The zero-order valence-electron chi connectivity index (χ0n) is 29.5. The number of para-hydroxylation sites is 5. The van der Waals surface area contributed by atoms with Gasteiger partial charge in [-0.1, -0.05) is 109 Å². The molecular weight excluding hydrogens is 671 g/mol. The molecule has 5 nitrogen and oxygen atoms in total. The predicted molar refractivity (Wildman–Crippen MR) is 226 cm³/mol. The summed E-state index contributed by atoms with van der Waals surface area (Å²) in [5.74, 6) is 0. The van der Waals surface area contributed by atoms with Gasteiger partial charge in [0.15, 0.2) is 5.69 Å². The van der Waals surface area contributed by atoms with Crippen LogP contribution in [0.3, 0.4) is 0 Å². The van der Waals surface area contributed by atoms with E-state index in [1.54, 1.807) is 6.07 Å². The Balaban J connectivity index is 1.41. The van der Waals surface area contributed by atoms with Crippen LogP contribution in [0, 0.1) is 17.9 Å². The van der Waals surface area contributed by atoms with E-state index in [4.69, 9.17) is 6.57 Å². The molecule has 254 valence electrons. The van der Waals surface area contributed by atoms with Gasteiger partial charge in [0, 0.05) is 60.5 Å². The lowest BCUT2D eigenvalue weighted by Crippen LogP contribution is -1.99. The topological polar surface area (TPSA) is 42.9 Å². The second-order valence-electron chi connectivity index (χ2n) is 13.9. The maximum atomic E-state index is 10.6. The minimum Gasteiger partial charge on any atom is -0.309 e. The third kappa shape index (κ3) is 4.33. The summed E-state index contributed by atoms with van der Waals surface area (Å²) < 4.78 is 7.04. The first-order valence-electron chi connectivity index (χ1n) is 18.3. The standard InChI is InChI=1S/C50H29N5/c1-52-42-23-14-15-32(31-51)47(42)41-30-35(54-43-24-11-8-20-36(43)37-21-9-12-25-44(37)54)29-40-38-27-28-46-48(50(38)55(49(40)41)34-18-6-3-7-19-34)39-22-10-13-26-45(39)53(46)33-16-4-2-5-17-33/h2-30H. The van der Waals surface area contributed by atoms with Crippen LogP contribution in [-0.4, -0.2) is 13.7 Å². The van der Waals surface area contributed by atoms with Crippen molar-refractivity contribution in [3.63, 3.8) is 0 Å². The van der Waals surface area contributed by atoms with E-state index in [-0.39, 0.29) is 0 Å². The van der Waals surface area contributed by atoms with Crippen molar-refractivity contribution in [2.45, 2.75) is 0 Å². The fourth-order valence-electron chi connectivity index (χ4n) is 8.89. The second-order valence-corrected chi connectivity index (χ2v) is 13.9. The van der Waals surface area contributed by atoms with Crippen LogP contribution >= 0.6 is 0 Å². The van der Waals surface area contributed by atoms with E-state index < -0.39 is 0 Å². The van der Waals surface area contributed by atoms with Gasteiger partial charge in [-0.2, -0.15) is 5.26 Å². The zero-order chi connectivity index (χ0) is 36.6. The minimum atomic E-state index is 0.440. The monoisotopic (exact) mass is 699 g/mol. The number of rotatable bonds is 4. The van der Waals surface area contributed by atoms with Gasteiger partial charge in [0.2, 0.25) is 0 Å². The fraction of sp³-hybridized carbons (Fsp3) is 0. The molecule has 0 aliphatic rings. The summed E-state index contributed by atoms with van der Waals surface area (Å²) in [6, 6.07) is 63.6. The van der Waals surface area contributed by atoms with Gasteiger partial charge in [-0.25, -0.2) is 4.85 Å². The molecule has 0 bridgehead atoms. The molecule has 8 aromatic carbocycles. The number of nitriles is 1. The highest BCUT2D eigenvalue weighted by molar-refractivity contribution is 6.28. The van der Waals surface area contributed by atoms with Gasteiger partial charge in [0.1, 0.15) is 0 Å². The summed E-state index contributed by atoms with van der Waals surface area (Å²) in [5, 5.41) is 17.4. The molecule has 0 unspecified atom stereocenters. The molecule has 0 amide bonds. The molecule has 3 heterocycles. The molecule has 0 spiro atoms.